The Labute approximate surface area is 158 Å². The van der Waals surface area contributed by atoms with Crippen LogP contribution in [-0.4, -0.2) is 51.4 Å². The van der Waals surface area contributed by atoms with Gasteiger partial charge in [0.05, 0.1) is 6.54 Å². The normalized spacial score (nSPS) is 18.0. The number of rotatable bonds is 3. The molecule has 2 aliphatic heterocycles. The largest absolute Gasteiger partial charge is 0.460 e. The van der Waals surface area contributed by atoms with Crippen LogP contribution in [0.1, 0.15) is 34.9 Å². The number of carbonyl (C=O) groups is 1. The van der Waals surface area contributed by atoms with Gasteiger partial charge in [0.15, 0.2) is 0 Å². The summed E-state index contributed by atoms with van der Waals surface area (Å²) in [5.74, 6) is 2.06. The van der Waals surface area contributed by atoms with Crippen LogP contribution in [-0.2, 0) is 19.5 Å². The van der Waals surface area contributed by atoms with Crippen molar-refractivity contribution >= 4 is 16.9 Å². The molecule has 5 rings (SSSR count). The van der Waals surface area contributed by atoms with Crippen LogP contribution in [0.25, 0.3) is 11.0 Å². The Bertz CT molecular complexity index is 933. The Morgan fingerprint density at radius 1 is 1.11 bits per heavy atom. The van der Waals surface area contributed by atoms with E-state index in [9.17, 15) is 4.79 Å². The molecule has 0 spiro atoms. The van der Waals surface area contributed by atoms with Gasteiger partial charge in [-0.05, 0) is 25.0 Å². The number of aromatic nitrogens is 2. The molecule has 2 aromatic heterocycles. The van der Waals surface area contributed by atoms with Gasteiger partial charge in [-0.15, -0.1) is 0 Å². The summed E-state index contributed by atoms with van der Waals surface area (Å²) in [5, 5.41) is 1.14. The predicted molar refractivity (Wildman–Crippen MR) is 101 cm³/mol. The summed E-state index contributed by atoms with van der Waals surface area (Å²) in [5.41, 5.74) is 1.57. The summed E-state index contributed by atoms with van der Waals surface area (Å²) < 4.78 is 7.99. The molecule has 139 valence electrons. The molecule has 0 unspecified atom stereocenters. The van der Waals surface area contributed by atoms with E-state index in [-0.39, 0.29) is 5.91 Å². The van der Waals surface area contributed by atoms with Crippen molar-refractivity contribution in [3.63, 3.8) is 0 Å². The first-order chi connectivity index (χ1) is 13.3. The molecule has 1 saturated heterocycles. The number of furan rings is 1. The van der Waals surface area contributed by atoms with E-state index in [0.29, 0.717) is 5.69 Å². The first-order valence-electron chi connectivity index (χ1n) is 9.74. The number of hydrogen-bond donors (Lipinski definition) is 0. The highest BCUT2D eigenvalue weighted by molar-refractivity contribution is 5.92. The average Bonchev–Trinajstić information content (AvgIpc) is 3.31. The second-order valence-electron chi connectivity index (χ2n) is 7.42. The number of amides is 1. The molecule has 27 heavy (non-hydrogen) atoms. The van der Waals surface area contributed by atoms with Gasteiger partial charge < -0.3 is 13.9 Å². The zero-order valence-corrected chi connectivity index (χ0v) is 15.4. The van der Waals surface area contributed by atoms with Gasteiger partial charge in [0.1, 0.15) is 29.1 Å². The van der Waals surface area contributed by atoms with E-state index in [2.05, 4.69) is 32.8 Å². The van der Waals surface area contributed by atoms with Gasteiger partial charge in [-0.1, -0.05) is 18.2 Å². The topological polar surface area (TPSA) is 54.5 Å². The van der Waals surface area contributed by atoms with E-state index in [1.807, 2.05) is 23.1 Å². The highest BCUT2D eigenvalue weighted by Gasteiger charge is 2.27. The molecule has 3 aromatic rings. The molecule has 6 heteroatoms. The number of piperazine rings is 1. The number of imidazole rings is 1. The third-order valence-electron chi connectivity index (χ3n) is 5.62. The summed E-state index contributed by atoms with van der Waals surface area (Å²) >= 11 is 0. The Morgan fingerprint density at radius 2 is 1.96 bits per heavy atom. The molecule has 1 amide bonds. The van der Waals surface area contributed by atoms with Crippen LogP contribution in [0.2, 0.25) is 0 Å². The molecule has 0 saturated carbocycles. The Kier molecular flexibility index (Phi) is 4.20. The van der Waals surface area contributed by atoms with Crippen molar-refractivity contribution in [2.45, 2.75) is 32.4 Å². The van der Waals surface area contributed by atoms with Crippen LogP contribution < -0.4 is 0 Å². The van der Waals surface area contributed by atoms with Crippen LogP contribution in [0.15, 0.2) is 34.7 Å². The lowest BCUT2D eigenvalue weighted by Gasteiger charge is -2.34. The van der Waals surface area contributed by atoms with Crippen LogP contribution in [0.4, 0.5) is 0 Å². The monoisotopic (exact) mass is 363 g/mol. The summed E-state index contributed by atoms with van der Waals surface area (Å²) in [7, 11) is 0. The van der Waals surface area contributed by atoms with Crippen molar-refractivity contribution in [1.29, 1.82) is 0 Å². The minimum atomic E-state index is 0.0686. The van der Waals surface area contributed by atoms with Crippen molar-refractivity contribution in [2.24, 2.45) is 0 Å². The maximum absolute atomic E-state index is 12.9. The molecule has 0 aliphatic carbocycles. The van der Waals surface area contributed by atoms with Crippen LogP contribution >= 0.6 is 0 Å². The fourth-order valence-electron chi connectivity index (χ4n) is 4.11. The number of hydrogen-bond acceptors (Lipinski definition) is 4. The van der Waals surface area contributed by atoms with E-state index in [1.165, 1.54) is 0 Å². The van der Waals surface area contributed by atoms with Crippen molar-refractivity contribution in [1.82, 2.24) is 19.4 Å². The first kappa shape index (κ1) is 16.6. The highest BCUT2D eigenvalue weighted by Crippen LogP contribution is 2.21. The van der Waals surface area contributed by atoms with Gasteiger partial charge >= 0.3 is 0 Å². The number of benzene rings is 1. The number of nitrogens with zero attached hydrogens (tertiary/aromatic N) is 4. The lowest BCUT2D eigenvalue weighted by atomic mass is 10.1. The van der Waals surface area contributed by atoms with E-state index in [0.717, 1.165) is 81.1 Å². The molecule has 0 atom stereocenters. The minimum Gasteiger partial charge on any atom is -0.460 e. The van der Waals surface area contributed by atoms with Gasteiger partial charge in [0.2, 0.25) is 0 Å². The average molecular weight is 363 g/mol. The lowest BCUT2D eigenvalue weighted by molar-refractivity contribution is 0.0609. The molecular weight excluding hydrogens is 340 g/mol. The van der Waals surface area contributed by atoms with Gasteiger partial charge in [-0.25, -0.2) is 4.98 Å². The second kappa shape index (κ2) is 6.85. The van der Waals surface area contributed by atoms with Crippen LogP contribution in [0.3, 0.4) is 0 Å². The van der Waals surface area contributed by atoms with E-state index >= 15 is 0 Å². The van der Waals surface area contributed by atoms with Crippen LogP contribution in [0, 0.1) is 6.20 Å². The van der Waals surface area contributed by atoms with E-state index in [1.54, 1.807) is 0 Å². The second-order valence-corrected chi connectivity index (χ2v) is 7.42. The van der Waals surface area contributed by atoms with Crippen molar-refractivity contribution in [3.05, 3.63) is 53.8 Å². The summed E-state index contributed by atoms with van der Waals surface area (Å²) in [6.45, 7) is 4.83. The van der Waals surface area contributed by atoms with Gasteiger partial charge in [-0.3, -0.25) is 9.69 Å². The first-order valence-corrected chi connectivity index (χ1v) is 9.74. The zero-order valence-electron chi connectivity index (χ0n) is 15.4. The maximum Gasteiger partial charge on any atom is 0.272 e. The number of aryl methyl sites for hydroxylation is 1. The van der Waals surface area contributed by atoms with Crippen LogP contribution in [0.5, 0.6) is 0 Å². The molecule has 6 nitrogen and oxygen atoms in total. The fraction of sp³-hybridized carbons (Fsp3) is 0.429. The van der Waals surface area contributed by atoms with Gasteiger partial charge in [0.25, 0.3) is 5.91 Å². The smallest absolute Gasteiger partial charge is 0.272 e. The Hall–Kier alpha value is -2.60. The zero-order chi connectivity index (χ0) is 18.2. The third kappa shape index (κ3) is 3.14. The lowest BCUT2D eigenvalue weighted by Crippen LogP contribution is -2.48. The molecule has 0 bridgehead atoms. The minimum absolute atomic E-state index is 0.0686. The predicted octanol–water partition coefficient (Wildman–Crippen LogP) is 2.72. The standard InChI is InChI=1S/C21H23N4O2/c26-21(18-14-22-20-7-3-4-8-25(18)20)24-11-9-23(10-12-24)15-17-13-16-5-1-2-6-19(16)27-17/h1-2,5-6,13H,3-4,7-12,15H2. The summed E-state index contributed by atoms with van der Waals surface area (Å²) in [6, 6.07) is 10.2. The Morgan fingerprint density at radius 3 is 2.81 bits per heavy atom. The van der Waals surface area contributed by atoms with E-state index in [4.69, 9.17) is 4.42 Å². The van der Waals surface area contributed by atoms with Crippen molar-refractivity contribution < 1.29 is 9.21 Å². The maximum atomic E-state index is 12.9. The molecule has 0 N–H and O–H groups in total. The summed E-state index contributed by atoms with van der Waals surface area (Å²) in [4.78, 5) is 21.5. The number of fused-ring (bicyclic) bond motifs is 2. The van der Waals surface area contributed by atoms with Gasteiger partial charge in [0, 0.05) is 44.5 Å². The SMILES string of the molecule is O=C(c1[c]nc2n1CCCC2)N1CCN(Cc2cc3ccccc3o2)CC1. The van der Waals surface area contributed by atoms with Gasteiger partial charge in [-0.2, -0.15) is 0 Å². The summed E-state index contributed by atoms with van der Waals surface area (Å²) in [6.07, 6.45) is 6.19. The number of carbonyl (C=O) groups excluding carboxylic acids is 1. The van der Waals surface area contributed by atoms with E-state index < -0.39 is 0 Å². The molecule has 1 aromatic carbocycles. The number of para-hydroxylation sites is 1. The Balaban J connectivity index is 1.22. The fourth-order valence-corrected chi connectivity index (χ4v) is 4.11. The quantitative estimate of drug-likeness (QED) is 0.718. The molecule has 1 fully saturated rings. The molecule has 2 aliphatic rings. The van der Waals surface area contributed by atoms with Crippen molar-refractivity contribution in [3.8, 4) is 0 Å². The van der Waals surface area contributed by atoms with Crippen molar-refractivity contribution in [2.75, 3.05) is 26.2 Å². The molecule has 4 heterocycles. The molecule has 1 radical (unpaired) electrons. The molecular formula is C21H23N4O2. The third-order valence-corrected chi connectivity index (χ3v) is 5.62. The highest BCUT2D eigenvalue weighted by atomic mass is 16.3.